The number of likely N-dealkylation sites (tertiary alicyclic amines) is 1. The molecule has 3 heterocycles. The fourth-order valence-corrected chi connectivity index (χ4v) is 6.06. The summed E-state index contributed by atoms with van der Waals surface area (Å²) < 4.78 is 8.18. The van der Waals surface area contributed by atoms with Gasteiger partial charge in [0.25, 0.3) is 0 Å². The lowest BCUT2D eigenvalue weighted by molar-refractivity contribution is -0.105. The van der Waals surface area contributed by atoms with Crippen molar-refractivity contribution in [3.05, 3.63) is 18.3 Å². The first-order valence-corrected chi connectivity index (χ1v) is 12.5. The summed E-state index contributed by atoms with van der Waals surface area (Å²) in [6.45, 7) is 5.71. The lowest BCUT2D eigenvalue weighted by atomic mass is 9.74. The molecule has 2 aliphatic carbocycles. The maximum Gasteiger partial charge on any atom is 0.211 e. The van der Waals surface area contributed by atoms with Crippen molar-refractivity contribution >= 4 is 23.0 Å². The standard InChI is InChI=1S/C25H35N5O2/c31-17-27-23-10-19-12-30(28-22(19)11-24(23)32-13-18-2-3-18)21-6-4-20(5-7-21)29-9-1-8-25(16-29)14-26-15-25/h10-12,17-18,20-21,26H,1-9,13-16H2,(H,27,31). The smallest absolute Gasteiger partial charge is 0.211 e. The minimum atomic E-state index is 0.459. The van der Waals surface area contributed by atoms with Crippen molar-refractivity contribution in [1.29, 1.82) is 0 Å². The summed E-state index contributed by atoms with van der Waals surface area (Å²) in [4.78, 5) is 13.9. The van der Waals surface area contributed by atoms with E-state index >= 15 is 0 Å². The topological polar surface area (TPSA) is 71.4 Å². The Bertz CT molecular complexity index is 972. The summed E-state index contributed by atoms with van der Waals surface area (Å²) in [6.07, 6.45) is 13.0. The van der Waals surface area contributed by atoms with Crippen molar-refractivity contribution in [3.8, 4) is 5.75 Å². The lowest BCUT2D eigenvalue weighted by Gasteiger charge is -2.52. The van der Waals surface area contributed by atoms with Gasteiger partial charge in [0, 0.05) is 48.7 Å². The third-order valence-corrected chi connectivity index (χ3v) is 8.26. The molecular formula is C25H35N5O2. The number of nitrogens with one attached hydrogen (secondary N) is 2. The van der Waals surface area contributed by atoms with E-state index in [9.17, 15) is 4.79 Å². The van der Waals surface area contributed by atoms with Crippen LogP contribution in [0.25, 0.3) is 10.9 Å². The number of benzene rings is 1. The Hall–Kier alpha value is -2.12. The number of carbonyl (C=O) groups excluding carboxylic acids is 1. The summed E-state index contributed by atoms with van der Waals surface area (Å²) in [5, 5.41) is 12.3. The molecule has 1 spiro atoms. The van der Waals surface area contributed by atoms with Crippen molar-refractivity contribution in [1.82, 2.24) is 20.0 Å². The van der Waals surface area contributed by atoms with Crippen LogP contribution in [0.5, 0.6) is 5.75 Å². The fourth-order valence-electron chi connectivity index (χ4n) is 6.06. The van der Waals surface area contributed by atoms with Crippen LogP contribution < -0.4 is 15.4 Å². The number of nitrogens with zero attached hydrogens (tertiary/aromatic N) is 3. The van der Waals surface area contributed by atoms with Crippen molar-refractivity contribution in [3.63, 3.8) is 0 Å². The Kier molecular flexibility index (Phi) is 5.34. The Morgan fingerprint density at radius 1 is 1.16 bits per heavy atom. The van der Waals surface area contributed by atoms with Crippen LogP contribution in [0.3, 0.4) is 0 Å². The zero-order valence-corrected chi connectivity index (χ0v) is 18.9. The predicted molar refractivity (Wildman–Crippen MR) is 125 cm³/mol. The van der Waals surface area contributed by atoms with Gasteiger partial charge in [-0.05, 0) is 69.9 Å². The van der Waals surface area contributed by atoms with Crippen LogP contribution in [-0.2, 0) is 4.79 Å². The molecule has 0 bridgehead atoms. The molecule has 0 atom stereocenters. The molecule has 0 radical (unpaired) electrons. The van der Waals surface area contributed by atoms with E-state index in [1.807, 2.05) is 12.1 Å². The van der Waals surface area contributed by atoms with Gasteiger partial charge in [-0.25, -0.2) is 0 Å². The van der Waals surface area contributed by atoms with E-state index in [0.717, 1.165) is 41.4 Å². The first-order chi connectivity index (χ1) is 15.7. The quantitative estimate of drug-likeness (QED) is 0.648. The van der Waals surface area contributed by atoms with Crippen LogP contribution >= 0.6 is 0 Å². The largest absolute Gasteiger partial charge is 0.491 e. The molecule has 6 rings (SSSR count). The van der Waals surface area contributed by atoms with Gasteiger partial charge in [0.05, 0.1) is 23.9 Å². The molecular weight excluding hydrogens is 402 g/mol. The zero-order valence-electron chi connectivity index (χ0n) is 18.9. The highest BCUT2D eigenvalue weighted by Gasteiger charge is 2.42. The summed E-state index contributed by atoms with van der Waals surface area (Å²) in [6, 6.07) is 5.19. The molecule has 0 unspecified atom stereocenters. The molecule has 1 aromatic heterocycles. The highest BCUT2D eigenvalue weighted by Crippen LogP contribution is 2.39. The van der Waals surface area contributed by atoms with Crippen LogP contribution in [-0.4, -0.2) is 59.9 Å². The van der Waals surface area contributed by atoms with Crippen molar-refractivity contribution in [2.45, 2.75) is 63.5 Å². The van der Waals surface area contributed by atoms with Crippen LogP contribution in [0.4, 0.5) is 5.69 Å². The minimum Gasteiger partial charge on any atom is -0.491 e. The number of amides is 1. The van der Waals surface area contributed by atoms with E-state index in [0.29, 0.717) is 17.4 Å². The molecule has 1 amide bonds. The lowest BCUT2D eigenvalue weighted by Crippen LogP contribution is -2.62. The highest BCUT2D eigenvalue weighted by molar-refractivity contribution is 5.88. The maximum atomic E-state index is 11.1. The van der Waals surface area contributed by atoms with Crippen molar-refractivity contribution in [2.24, 2.45) is 11.3 Å². The summed E-state index contributed by atoms with van der Waals surface area (Å²) in [7, 11) is 0. The van der Waals surface area contributed by atoms with Gasteiger partial charge in [0.15, 0.2) is 0 Å². The van der Waals surface area contributed by atoms with Crippen LogP contribution in [0.15, 0.2) is 18.3 Å². The minimum absolute atomic E-state index is 0.459. The van der Waals surface area contributed by atoms with Crippen molar-refractivity contribution in [2.75, 3.05) is 38.1 Å². The number of rotatable bonds is 7. The highest BCUT2D eigenvalue weighted by atomic mass is 16.5. The number of hydrogen-bond acceptors (Lipinski definition) is 5. The Labute approximate surface area is 189 Å². The third-order valence-electron chi connectivity index (χ3n) is 8.26. The van der Waals surface area contributed by atoms with Gasteiger partial charge >= 0.3 is 0 Å². The molecule has 2 aromatic rings. The van der Waals surface area contributed by atoms with E-state index in [1.54, 1.807) is 0 Å². The molecule has 172 valence electrons. The maximum absolute atomic E-state index is 11.1. The van der Waals surface area contributed by atoms with Crippen molar-refractivity contribution < 1.29 is 9.53 Å². The first kappa shape index (κ1) is 20.5. The number of aromatic nitrogens is 2. The molecule has 2 aliphatic heterocycles. The molecule has 7 nitrogen and oxygen atoms in total. The van der Waals surface area contributed by atoms with E-state index in [-0.39, 0.29) is 0 Å². The second-order valence-corrected chi connectivity index (χ2v) is 10.7. The Morgan fingerprint density at radius 2 is 1.97 bits per heavy atom. The molecule has 32 heavy (non-hydrogen) atoms. The molecule has 2 saturated carbocycles. The SMILES string of the molecule is O=CNc1cc2cn(C3CCC(N4CCCC5(CNC5)C4)CC3)nc2cc1OCC1CC1. The number of hydrogen-bond donors (Lipinski definition) is 2. The van der Waals surface area contributed by atoms with Gasteiger partial charge in [-0.2, -0.15) is 5.10 Å². The van der Waals surface area contributed by atoms with Crippen LogP contribution in [0.2, 0.25) is 0 Å². The van der Waals surface area contributed by atoms with Gasteiger partial charge in [-0.15, -0.1) is 0 Å². The Balaban J connectivity index is 1.13. The van der Waals surface area contributed by atoms with Gasteiger partial charge in [-0.1, -0.05) is 0 Å². The third kappa shape index (κ3) is 4.01. The summed E-state index contributed by atoms with van der Waals surface area (Å²) in [5.41, 5.74) is 2.26. The first-order valence-electron chi connectivity index (χ1n) is 12.5. The fraction of sp³-hybridized carbons (Fsp3) is 0.680. The summed E-state index contributed by atoms with van der Waals surface area (Å²) in [5.74, 6) is 1.40. The monoisotopic (exact) mass is 437 g/mol. The number of carbonyl (C=O) groups is 1. The molecule has 2 N–H and O–H groups in total. The molecule has 7 heteroatoms. The normalized spacial score (nSPS) is 27.9. The molecule has 4 fully saturated rings. The number of anilines is 1. The van der Waals surface area contributed by atoms with Gasteiger partial charge in [-0.3, -0.25) is 14.4 Å². The molecule has 4 aliphatic rings. The van der Waals surface area contributed by atoms with E-state index in [4.69, 9.17) is 9.84 Å². The van der Waals surface area contributed by atoms with E-state index in [2.05, 4.69) is 26.4 Å². The molecule has 1 aromatic carbocycles. The van der Waals surface area contributed by atoms with Crippen LogP contribution in [0.1, 0.15) is 57.4 Å². The average molecular weight is 438 g/mol. The van der Waals surface area contributed by atoms with Gasteiger partial charge in [0.2, 0.25) is 6.41 Å². The second kappa shape index (κ2) is 8.34. The predicted octanol–water partition coefficient (Wildman–Crippen LogP) is 3.56. The number of ether oxygens (including phenoxy) is 1. The van der Waals surface area contributed by atoms with Crippen LogP contribution in [0, 0.1) is 11.3 Å². The van der Waals surface area contributed by atoms with E-state index in [1.165, 1.54) is 77.5 Å². The number of piperidine rings is 1. The molecule has 2 saturated heterocycles. The van der Waals surface area contributed by atoms with Gasteiger partial charge < -0.3 is 15.4 Å². The van der Waals surface area contributed by atoms with E-state index < -0.39 is 0 Å². The zero-order chi connectivity index (χ0) is 21.5. The second-order valence-electron chi connectivity index (χ2n) is 10.7. The van der Waals surface area contributed by atoms with Gasteiger partial charge in [0.1, 0.15) is 5.75 Å². The summed E-state index contributed by atoms with van der Waals surface area (Å²) >= 11 is 0. The Morgan fingerprint density at radius 3 is 2.69 bits per heavy atom. The number of fused-ring (bicyclic) bond motifs is 1. The average Bonchev–Trinajstić information content (AvgIpc) is 3.54.